The maximum atomic E-state index is 12.2. The number of para-hydroxylation sites is 1. The summed E-state index contributed by atoms with van der Waals surface area (Å²) in [6, 6.07) is 24.7. The Morgan fingerprint density at radius 1 is 0.886 bits per heavy atom. The van der Waals surface area contributed by atoms with Gasteiger partial charge >= 0.3 is 0 Å². The van der Waals surface area contributed by atoms with Gasteiger partial charge in [0.05, 0.1) is 11.1 Å². The minimum absolute atomic E-state index is 0. The minimum atomic E-state index is -1.96. The van der Waals surface area contributed by atoms with E-state index >= 15 is 0 Å². The average Bonchev–Trinajstić information content (AvgIpc) is 3.39. The zero-order chi connectivity index (χ0) is 31.2. The summed E-state index contributed by atoms with van der Waals surface area (Å²) in [6.45, 7) is 16.9. The Balaban J connectivity index is 0.000000218. The second-order valence-electron chi connectivity index (χ2n) is 13.0. The molecule has 0 amide bonds. The van der Waals surface area contributed by atoms with Crippen molar-refractivity contribution in [3.63, 3.8) is 0 Å². The van der Waals surface area contributed by atoms with Crippen LogP contribution in [0.15, 0.2) is 76.9 Å². The number of hydrogen-bond donors (Lipinski definition) is 1. The molecule has 3 heterocycles. The first-order valence-corrected chi connectivity index (χ1v) is 18.7. The Hall–Kier alpha value is -3.05. The number of hydrogen-bond acceptors (Lipinski definition) is 4. The van der Waals surface area contributed by atoms with Gasteiger partial charge < -0.3 is 9.52 Å². The molecule has 0 unspecified atom stereocenters. The van der Waals surface area contributed by atoms with Crippen molar-refractivity contribution in [2.75, 3.05) is 0 Å². The van der Waals surface area contributed by atoms with Crippen LogP contribution in [0.1, 0.15) is 67.2 Å². The molecule has 0 bridgehead atoms. The SMILES string of the molecule is CCC(C)(CC)C(=O)/C=C(\O)C(C)(CC)CC.C[Si]1(C)c2cc3ccccc3nc2-c2[c-]ccc3oc4cccc1c4c23.[Ir]. The van der Waals surface area contributed by atoms with E-state index in [1.54, 1.807) is 0 Å². The van der Waals surface area contributed by atoms with Gasteiger partial charge in [-0.3, -0.25) is 9.78 Å². The number of rotatable bonds is 7. The number of ketones is 1. The standard InChI is InChI=1S/C23H16NOSi.C15H28O2.Ir/c1-26(2)19-12-6-11-18-22(19)21-15(8-5-10-17(21)25-18)23-20(26)13-14-7-3-4-9-16(14)24-23;1-7-14(5,8-2)12(16)11-13(17)15(6,9-3)10-4;/h3-7,9-13H,1-2H3;11,16H,7-10H2,1-6H3;/q-1;;/b;12-11-;. The van der Waals surface area contributed by atoms with E-state index in [1.807, 2.05) is 53.7 Å². The molecular formula is C38H44IrNO3Si-. The number of carbonyl (C=O) groups is 1. The molecule has 1 N–H and O–H groups in total. The molecule has 0 saturated heterocycles. The first kappa shape index (κ1) is 33.8. The summed E-state index contributed by atoms with van der Waals surface area (Å²) in [5.41, 5.74) is 4.48. The van der Waals surface area contributed by atoms with Crippen LogP contribution >= 0.6 is 0 Å². The van der Waals surface area contributed by atoms with E-state index in [0.717, 1.165) is 53.6 Å². The van der Waals surface area contributed by atoms with Crippen LogP contribution in [0.4, 0.5) is 0 Å². The first-order chi connectivity index (χ1) is 20.4. The van der Waals surface area contributed by atoms with Crippen molar-refractivity contribution in [1.29, 1.82) is 0 Å². The Morgan fingerprint density at radius 2 is 1.52 bits per heavy atom. The normalized spacial score (nSPS) is 14.1. The maximum absolute atomic E-state index is 12.2. The fraction of sp³-hybridized carbons (Fsp3) is 0.368. The van der Waals surface area contributed by atoms with Crippen molar-refractivity contribution < 1.29 is 34.4 Å². The number of allylic oxidation sites excluding steroid dienone is 2. The number of aliphatic hydroxyl groups is 1. The molecule has 3 aromatic carbocycles. The summed E-state index contributed by atoms with van der Waals surface area (Å²) in [5.74, 6) is 0.286. The van der Waals surface area contributed by atoms with Gasteiger partial charge in [0.1, 0.15) is 19.4 Å². The smallest absolute Gasteiger partial charge is 0.164 e. The monoisotopic (exact) mass is 783 g/mol. The van der Waals surface area contributed by atoms with E-state index in [0.29, 0.717) is 0 Å². The van der Waals surface area contributed by atoms with Crippen LogP contribution in [0.5, 0.6) is 0 Å². The van der Waals surface area contributed by atoms with E-state index < -0.39 is 8.07 Å². The molecule has 5 aromatic rings. The molecule has 44 heavy (non-hydrogen) atoms. The molecule has 2 aromatic heterocycles. The van der Waals surface area contributed by atoms with Crippen molar-refractivity contribution >= 4 is 57.1 Å². The molecule has 6 rings (SSSR count). The minimum Gasteiger partial charge on any atom is -0.512 e. The maximum Gasteiger partial charge on any atom is 0.164 e. The molecule has 4 nitrogen and oxygen atoms in total. The number of fused-ring (bicyclic) bond motifs is 3. The third-order valence-corrected chi connectivity index (χ3v) is 13.9. The second kappa shape index (κ2) is 12.7. The second-order valence-corrected chi connectivity index (χ2v) is 17.3. The van der Waals surface area contributed by atoms with Gasteiger partial charge in [-0.15, -0.1) is 17.7 Å². The van der Waals surface area contributed by atoms with Crippen LogP contribution in [0.25, 0.3) is 44.1 Å². The van der Waals surface area contributed by atoms with Crippen LogP contribution in [-0.2, 0) is 24.9 Å². The van der Waals surface area contributed by atoms with Gasteiger partial charge in [0, 0.05) is 37.0 Å². The average molecular weight is 783 g/mol. The topological polar surface area (TPSA) is 63.3 Å². The fourth-order valence-electron chi connectivity index (χ4n) is 6.12. The van der Waals surface area contributed by atoms with Crippen LogP contribution in [0, 0.1) is 16.9 Å². The van der Waals surface area contributed by atoms with E-state index in [9.17, 15) is 9.90 Å². The number of pyridine rings is 1. The number of aromatic nitrogens is 1. The number of benzene rings is 3. The molecule has 1 aliphatic heterocycles. The van der Waals surface area contributed by atoms with E-state index in [4.69, 9.17) is 9.40 Å². The fourth-order valence-corrected chi connectivity index (χ4v) is 9.09. The predicted molar refractivity (Wildman–Crippen MR) is 183 cm³/mol. The molecule has 6 heteroatoms. The van der Waals surface area contributed by atoms with Crippen molar-refractivity contribution in [2.24, 2.45) is 10.8 Å². The Bertz CT molecular complexity index is 1860. The molecule has 0 saturated carbocycles. The summed E-state index contributed by atoms with van der Waals surface area (Å²) >= 11 is 0. The predicted octanol–water partition coefficient (Wildman–Crippen LogP) is 9.38. The third-order valence-electron chi connectivity index (χ3n) is 10.4. The van der Waals surface area contributed by atoms with Gasteiger partial charge in [0.15, 0.2) is 5.78 Å². The summed E-state index contributed by atoms with van der Waals surface area (Å²) in [5, 5.41) is 16.6. The number of aliphatic hydroxyl groups excluding tert-OH is 1. The third kappa shape index (κ3) is 5.61. The van der Waals surface area contributed by atoms with Crippen LogP contribution in [0.3, 0.4) is 0 Å². The molecule has 0 atom stereocenters. The first-order valence-electron chi connectivity index (χ1n) is 15.7. The van der Waals surface area contributed by atoms with Crippen molar-refractivity contribution in [3.8, 4) is 11.3 Å². The quantitative estimate of drug-likeness (QED) is 0.0774. The summed E-state index contributed by atoms with van der Waals surface area (Å²) in [7, 11) is -1.96. The molecule has 1 aliphatic rings. The summed E-state index contributed by atoms with van der Waals surface area (Å²) < 4.78 is 6.18. The Labute approximate surface area is 276 Å². The molecule has 233 valence electrons. The van der Waals surface area contributed by atoms with Crippen LogP contribution in [0.2, 0.25) is 13.1 Å². The van der Waals surface area contributed by atoms with Crippen LogP contribution in [-0.4, -0.2) is 23.9 Å². The van der Waals surface area contributed by atoms with Gasteiger partial charge in [-0.2, -0.15) is 0 Å². The van der Waals surface area contributed by atoms with Crippen LogP contribution < -0.4 is 10.4 Å². The van der Waals surface area contributed by atoms with Gasteiger partial charge in [-0.1, -0.05) is 113 Å². The zero-order valence-electron chi connectivity index (χ0n) is 27.2. The Morgan fingerprint density at radius 3 is 2.18 bits per heavy atom. The van der Waals surface area contributed by atoms with Crippen molar-refractivity contribution in [3.05, 3.63) is 78.6 Å². The molecular weight excluding hydrogens is 739 g/mol. The molecule has 0 fully saturated rings. The zero-order valence-corrected chi connectivity index (χ0v) is 30.6. The van der Waals surface area contributed by atoms with E-state index in [1.165, 1.54) is 32.6 Å². The summed E-state index contributed by atoms with van der Waals surface area (Å²) in [4.78, 5) is 17.3. The van der Waals surface area contributed by atoms with E-state index in [-0.39, 0.29) is 42.5 Å². The van der Waals surface area contributed by atoms with E-state index in [2.05, 4.69) is 67.7 Å². The number of nitrogens with zero attached hydrogens (tertiary/aromatic N) is 1. The molecule has 0 spiro atoms. The van der Waals surface area contributed by atoms with Gasteiger partial charge in [-0.05, 0) is 54.3 Å². The Kier molecular flexibility index (Phi) is 9.80. The number of carbonyl (C=O) groups excluding carboxylic acids is 1. The number of furan rings is 1. The van der Waals surface area contributed by atoms with Crippen molar-refractivity contribution in [2.45, 2.75) is 80.3 Å². The van der Waals surface area contributed by atoms with Gasteiger partial charge in [-0.25, -0.2) is 0 Å². The van der Waals surface area contributed by atoms with Crippen molar-refractivity contribution in [1.82, 2.24) is 4.98 Å². The van der Waals surface area contributed by atoms with Gasteiger partial charge in [0.2, 0.25) is 0 Å². The molecule has 1 radical (unpaired) electrons. The largest absolute Gasteiger partial charge is 0.512 e. The van der Waals surface area contributed by atoms with Gasteiger partial charge in [0.25, 0.3) is 0 Å². The molecule has 0 aliphatic carbocycles. The summed E-state index contributed by atoms with van der Waals surface area (Å²) in [6.07, 6.45) is 4.75.